The molecule has 1 aromatic rings. The van der Waals surface area contributed by atoms with Crippen LogP contribution in [0.3, 0.4) is 0 Å². The summed E-state index contributed by atoms with van der Waals surface area (Å²) in [5.41, 5.74) is 0. The van der Waals surface area contributed by atoms with E-state index in [-0.39, 0.29) is 0 Å². The molecule has 0 aliphatic rings. The van der Waals surface area contributed by atoms with Gasteiger partial charge in [-0.1, -0.05) is 6.92 Å². The SMILES string of the molecule is CCCOc1cc[c-]cc1OC.[Zn+][Br]. The van der Waals surface area contributed by atoms with Gasteiger partial charge >= 0.3 is 30.0 Å². The minimum absolute atomic E-state index is 0.723. The fourth-order valence-corrected chi connectivity index (χ4v) is 0.892. The number of rotatable bonds is 4. The molecule has 0 unspecified atom stereocenters. The predicted octanol–water partition coefficient (Wildman–Crippen LogP) is 3.13. The number of hydrogen-bond donors (Lipinski definition) is 0. The van der Waals surface area contributed by atoms with Crippen LogP contribution in [-0.4, -0.2) is 13.7 Å². The van der Waals surface area contributed by atoms with Gasteiger partial charge < -0.3 is 9.47 Å². The van der Waals surface area contributed by atoms with Crippen LogP contribution in [0.4, 0.5) is 0 Å². The molecule has 0 atom stereocenters. The molecule has 1 aromatic carbocycles. The molecule has 0 aliphatic carbocycles. The van der Waals surface area contributed by atoms with E-state index in [4.69, 9.17) is 9.47 Å². The van der Waals surface area contributed by atoms with E-state index in [1.54, 1.807) is 13.2 Å². The second-order valence-electron chi connectivity index (χ2n) is 2.43. The number of methoxy groups -OCH3 is 1. The molecule has 0 aromatic heterocycles. The molecule has 0 bridgehead atoms. The van der Waals surface area contributed by atoms with Crippen molar-refractivity contribution in [2.75, 3.05) is 13.7 Å². The van der Waals surface area contributed by atoms with Crippen molar-refractivity contribution in [2.45, 2.75) is 13.3 Å². The normalized spacial score (nSPS) is 8.64. The van der Waals surface area contributed by atoms with Crippen LogP contribution in [0, 0.1) is 6.07 Å². The maximum absolute atomic E-state index is 5.43. The molecular weight excluding hydrogens is 297 g/mol. The Morgan fingerprint density at radius 3 is 2.71 bits per heavy atom. The van der Waals surface area contributed by atoms with Crippen molar-refractivity contribution < 1.29 is 25.8 Å². The Morgan fingerprint density at radius 2 is 2.14 bits per heavy atom. The first-order chi connectivity index (χ1) is 6.88. The van der Waals surface area contributed by atoms with Crippen molar-refractivity contribution in [1.29, 1.82) is 0 Å². The molecule has 0 saturated carbocycles. The van der Waals surface area contributed by atoms with E-state index in [9.17, 15) is 0 Å². The first-order valence-electron chi connectivity index (χ1n) is 4.32. The summed E-state index contributed by atoms with van der Waals surface area (Å²) < 4.78 is 10.5. The topological polar surface area (TPSA) is 18.5 Å². The van der Waals surface area contributed by atoms with E-state index >= 15 is 0 Å². The molecule has 0 radical (unpaired) electrons. The maximum atomic E-state index is 5.43. The van der Waals surface area contributed by atoms with Crippen LogP contribution in [-0.2, 0) is 16.3 Å². The predicted molar refractivity (Wildman–Crippen MR) is 56.5 cm³/mol. The van der Waals surface area contributed by atoms with Crippen molar-refractivity contribution in [3.63, 3.8) is 0 Å². The van der Waals surface area contributed by atoms with E-state index in [1.807, 2.05) is 12.1 Å². The average Bonchev–Trinajstić information content (AvgIpc) is 2.29. The third-order valence-electron chi connectivity index (χ3n) is 1.47. The van der Waals surface area contributed by atoms with Crippen molar-refractivity contribution in [1.82, 2.24) is 0 Å². The minimum atomic E-state index is 0.723. The molecule has 4 heteroatoms. The Hall–Kier alpha value is -0.0766. The van der Waals surface area contributed by atoms with Crippen molar-refractivity contribution in [3.8, 4) is 11.5 Å². The first kappa shape index (κ1) is 13.9. The van der Waals surface area contributed by atoms with Gasteiger partial charge in [0.05, 0.1) is 19.5 Å². The molecule has 0 fully saturated rings. The van der Waals surface area contributed by atoms with Crippen LogP contribution < -0.4 is 9.47 Å². The van der Waals surface area contributed by atoms with Crippen molar-refractivity contribution in [3.05, 3.63) is 24.3 Å². The van der Waals surface area contributed by atoms with E-state index in [2.05, 4.69) is 26.6 Å². The van der Waals surface area contributed by atoms with Crippen molar-refractivity contribution in [2.24, 2.45) is 0 Å². The van der Waals surface area contributed by atoms with Crippen LogP contribution >= 0.6 is 13.6 Å². The average molecular weight is 311 g/mol. The summed E-state index contributed by atoms with van der Waals surface area (Å²) in [6.07, 6.45) is 1.00. The molecule has 14 heavy (non-hydrogen) atoms. The fraction of sp³-hybridized carbons (Fsp3) is 0.400. The van der Waals surface area contributed by atoms with Gasteiger partial charge in [-0.15, -0.1) is 12.1 Å². The van der Waals surface area contributed by atoms with Crippen LogP contribution in [0.25, 0.3) is 0 Å². The van der Waals surface area contributed by atoms with Gasteiger partial charge in [0.15, 0.2) is 0 Å². The van der Waals surface area contributed by atoms with Gasteiger partial charge in [0.1, 0.15) is 0 Å². The molecular formula is C10H13BrO2Zn. The van der Waals surface area contributed by atoms with Crippen molar-refractivity contribution >= 4 is 13.6 Å². The molecule has 0 saturated heterocycles. The number of ether oxygens (including phenoxy) is 2. The van der Waals surface area contributed by atoms with E-state index < -0.39 is 0 Å². The summed E-state index contributed by atoms with van der Waals surface area (Å²) in [7, 11) is 1.63. The van der Waals surface area contributed by atoms with E-state index in [0.29, 0.717) is 0 Å². The number of benzene rings is 1. The molecule has 0 aliphatic heterocycles. The second-order valence-corrected chi connectivity index (χ2v) is 2.43. The van der Waals surface area contributed by atoms with Gasteiger partial charge in [0, 0.05) is 5.75 Å². The van der Waals surface area contributed by atoms with E-state index in [0.717, 1.165) is 24.5 Å². The third-order valence-corrected chi connectivity index (χ3v) is 1.47. The Kier molecular flexibility index (Phi) is 9.43. The Morgan fingerprint density at radius 1 is 1.43 bits per heavy atom. The summed E-state index contributed by atoms with van der Waals surface area (Å²) >= 11 is 4.25. The zero-order valence-electron chi connectivity index (χ0n) is 8.55. The third kappa shape index (κ3) is 4.97. The summed E-state index contributed by atoms with van der Waals surface area (Å²) in [5.74, 6) is 1.53. The zero-order valence-corrected chi connectivity index (χ0v) is 13.1. The quantitative estimate of drug-likeness (QED) is 0.628. The number of halogens is 1. The summed E-state index contributed by atoms with van der Waals surface area (Å²) in [6.45, 7) is 2.79. The van der Waals surface area contributed by atoms with Crippen LogP contribution in [0.15, 0.2) is 18.2 Å². The number of hydrogen-bond acceptors (Lipinski definition) is 2. The van der Waals surface area contributed by atoms with Gasteiger partial charge in [-0.2, -0.15) is 12.1 Å². The molecule has 0 heterocycles. The van der Waals surface area contributed by atoms with Gasteiger partial charge in [0.2, 0.25) is 0 Å². The van der Waals surface area contributed by atoms with E-state index in [1.165, 1.54) is 16.3 Å². The first-order valence-corrected chi connectivity index (χ1v) is 11.3. The fourth-order valence-electron chi connectivity index (χ4n) is 0.892. The second kappa shape index (κ2) is 9.48. The van der Waals surface area contributed by atoms with Crippen LogP contribution in [0.5, 0.6) is 11.5 Å². The molecule has 0 N–H and O–H groups in total. The van der Waals surface area contributed by atoms with Crippen LogP contribution in [0.1, 0.15) is 13.3 Å². The van der Waals surface area contributed by atoms with Gasteiger partial charge in [-0.05, 0) is 6.42 Å². The monoisotopic (exact) mass is 308 g/mol. The molecule has 2 nitrogen and oxygen atoms in total. The summed E-state index contributed by atoms with van der Waals surface area (Å²) in [5, 5.41) is 0. The van der Waals surface area contributed by atoms with Crippen LogP contribution in [0.2, 0.25) is 0 Å². The van der Waals surface area contributed by atoms with Gasteiger partial charge in [-0.3, -0.25) is 0 Å². The summed E-state index contributed by atoms with van der Waals surface area (Å²) in [4.78, 5) is 0. The zero-order chi connectivity index (χ0) is 10.8. The molecule has 0 spiro atoms. The molecule has 74 valence electrons. The van der Waals surface area contributed by atoms with Gasteiger partial charge in [-0.25, -0.2) is 0 Å². The Bertz CT molecular complexity index is 243. The summed E-state index contributed by atoms with van der Waals surface area (Å²) in [6, 6.07) is 8.36. The Balaban J connectivity index is 0.000000791. The van der Waals surface area contributed by atoms with Gasteiger partial charge in [0.25, 0.3) is 0 Å². The Labute approximate surface area is 102 Å². The molecule has 1 rings (SSSR count). The molecule has 0 amide bonds. The standard InChI is InChI=1S/C10H13O2.BrH.Zn/c1-3-8-12-10-7-5-4-6-9(10)11-2;;/h5-7H,3,8H2,1-2H3;1H;/q-1;;+2/p-1.